The second kappa shape index (κ2) is 11.1. The highest BCUT2D eigenvalue weighted by atomic mass is 16.6. The zero-order valence-corrected chi connectivity index (χ0v) is 18.7. The molecule has 0 saturated carbocycles. The van der Waals surface area contributed by atoms with Gasteiger partial charge in [0, 0.05) is 27.0 Å². The molecule has 0 aromatic heterocycles. The lowest BCUT2D eigenvalue weighted by Crippen LogP contribution is -2.42. The maximum absolute atomic E-state index is 12.1. The average molecular weight is 450 g/mol. The Morgan fingerprint density at radius 1 is 1.03 bits per heavy atom. The van der Waals surface area contributed by atoms with E-state index in [1.165, 1.54) is 25.8 Å². The van der Waals surface area contributed by atoms with Gasteiger partial charge >= 0.3 is 11.9 Å². The van der Waals surface area contributed by atoms with Crippen LogP contribution < -0.4 is 15.4 Å². The first kappa shape index (κ1) is 23.7. The van der Waals surface area contributed by atoms with Crippen LogP contribution in [0.3, 0.4) is 0 Å². The highest BCUT2D eigenvalue weighted by molar-refractivity contribution is 5.92. The Bertz CT molecular complexity index is 1040. The van der Waals surface area contributed by atoms with Gasteiger partial charge in [0.05, 0.1) is 23.1 Å². The van der Waals surface area contributed by atoms with Gasteiger partial charge in [-0.25, -0.2) is 10.4 Å². The van der Waals surface area contributed by atoms with E-state index < -0.39 is 24.1 Å². The molecule has 0 fully saturated rings. The number of hydrazine groups is 1. The largest absolute Gasteiger partial charge is 0.461 e. The van der Waals surface area contributed by atoms with Crippen molar-refractivity contribution in [1.82, 2.24) is 5.43 Å². The number of anilines is 2. The first-order chi connectivity index (χ1) is 15.8. The molecule has 2 atom stereocenters. The Kier molecular flexibility index (Phi) is 7.93. The first-order valence-electron chi connectivity index (χ1n) is 10.4. The van der Waals surface area contributed by atoms with E-state index >= 15 is 0 Å². The fourth-order valence-electron chi connectivity index (χ4n) is 3.26. The highest BCUT2D eigenvalue weighted by Crippen LogP contribution is 2.26. The van der Waals surface area contributed by atoms with Crippen LogP contribution in [0.5, 0.6) is 0 Å². The molecule has 2 aromatic rings. The van der Waals surface area contributed by atoms with E-state index in [0.29, 0.717) is 11.4 Å². The fourth-order valence-corrected chi connectivity index (χ4v) is 3.26. The normalized spacial score (nSPS) is 16.3. The minimum Gasteiger partial charge on any atom is -0.461 e. The minimum absolute atomic E-state index is 0.140. The molecule has 2 aromatic carbocycles. The first-order valence-corrected chi connectivity index (χ1v) is 10.4. The van der Waals surface area contributed by atoms with Gasteiger partial charge in [-0.05, 0) is 30.3 Å². The molecule has 0 aliphatic carbocycles. The molecule has 0 radical (unpaired) electrons. The number of nitrogens with one attached hydrogen (secondary N) is 1. The Morgan fingerprint density at radius 2 is 1.67 bits per heavy atom. The molecule has 0 bridgehead atoms. The molecular formula is C24H26N4O5. The van der Waals surface area contributed by atoms with Crippen molar-refractivity contribution in [2.24, 2.45) is 5.10 Å². The summed E-state index contributed by atoms with van der Waals surface area (Å²) in [4.78, 5) is 35.2. The summed E-state index contributed by atoms with van der Waals surface area (Å²) < 4.78 is 10.6. The molecule has 0 spiro atoms. The molecule has 9 nitrogen and oxygen atoms in total. The predicted octanol–water partition coefficient (Wildman–Crippen LogP) is 2.80. The van der Waals surface area contributed by atoms with Crippen LogP contribution in [-0.4, -0.2) is 42.8 Å². The maximum Gasteiger partial charge on any atom is 0.303 e. The number of hydrazone groups is 1. The van der Waals surface area contributed by atoms with Gasteiger partial charge < -0.3 is 9.47 Å². The summed E-state index contributed by atoms with van der Waals surface area (Å²) in [5.41, 5.74) is 5.26. The zero-order valence-electron chi connectivity index (χ0n) is 18.7. The second-order valence-corrected chi connectivity index (χ2v) is 7.25. The van der Waals surface area contributed by atoms with Gasteiger partial charge in [-0.2, -0.15) is 5.10 Å². The number of benzene rings is 2. The molecular weight excluding hydrogens is 424 g/mol. The van der Waals surface area contributed by atoms with E-state index in [2.05, 4.69) is 10.5 Å². The third-order valence-corrected chi connectivity index (χ3v) is 4.62. The lowest BCUT2D eigenvalue weighted by Gasteiger charge is -2.28. The maximum atomic E-state index is 12.1. The summed E-state index contributed by atoms with van der Waals surface area (Å²) in [6.45, 7) is 3.87. The van der Waals surface area contributed by atoms with Gasteiger partial charge in [0.2, 0.25) is 5.91 Å². The molecule has 3 rings (SSSR count). The van der Waals surface area contributed by atoms with E-state index in [1.54, 1.807) is 29.4 Å². The predicted molar refractivity (Wildman–Crippen MR) is 124 cm³/mol. The molecule has 1 aliphatic rings. The van der Waals surface area contributed by atoms with Gasteiger partial charge in [0.25, 0.3) is 0 Å². The van der Waals surface area contributed by atoms with E-state index in [0.717, 1.165) is 5.69 Å². The number of esters is 2. The van der Waals surface area contributed by atoms with Crippen LogP contribution >= 0.6 is 0 Å². The van der Waals surface area contributed by atoms with Crippen LogP contribution in [0.1, 0.15) is 20.8 Å². The number of carbonyl (C=O) groups is 3. The Hall–Kier alpha value is -3.98. The van der Waals surface area contributed by atoms with Crippen molar-refractivity contribution in [1.29, 1.82) is 0 Å². The summed E-state index contributed by atoms with van der Waals surface area (Å²) in [5.74, 6) is -1.24. The van der Waals surface area contributed by atoms with Gasteiger partial charge in [-0.1, -0.05) is 36.4 Å². The number of nitrogens with zero attached hydrogens (tertiary/aromatic N) is 3. The van der Waals surface area contributed by atoms with Crippen molar-refractivity contribution in [3.8, 4) is 0 Å². The van der Waals surface area contributed by atoms with E-state index in [1.807, 2.05) is 48.5 Å². The average Bonchev–Trinajstić information content (AvgIpc) is 3.22. The number of para-hydroxylation sites is 2. The minimum atomic E-state index is -0.837. The smallest absolute Gasteiger partial charge is 0.303 e. The van der Waals surface area contributed by atoms with Crippen LogP contribution in [0.2, 0.25) is 0 Å². The number of rotatable bonds is 8. The molecule has 172 valence electrons. The molecule has 1 heterocycles. The number of ether oxygens (including phenoxy) is 2. The highest BCUT2D eigenvalue weighted by Gasteiger charge is 2.32. The third kappa shape index (κ3) is 6.50. The molecule has 9 heteroatoms. The van der Waals surface area contributed by atoms with Crippen LogP contribution in [0.25, 0.3) is 0 Å². The second-order valence-electron chi connectivity index (χ2n) is 7.25. The standard InChI is InChI=1S/C24H26N4O5/c1-17(29)27(21-10-6-4-7-11-21)25-15-20-14-23(24(33-19(3)31)16-32-18(2)30)28(26-20)22-12-8-5-9-13-22/h4-15,20,24,26H,16H2,1-3H3/b25-15+. The summed E-state index contributed by atoms with van der Waals surface area (Å²) in [6.07, 6.45) is 2.54. The lowest BCUT2D eigenvalue weighted by molar-refractivity contribution is -0.154. The van der Waals surface area contributed by atoms with Crippen molar-refractivity contribution in [2.75, 3.05) is 16.6 Å². The summed E-state index contributed by atoms with van der Waals surface area (Å²) in [7, 11) is 0. The van der Waals surface area contributed by atoms with E-state index in [4.69, 9.17) is 9.47 Å². The molecule has 33 heavy (non-hydrogen) atoms. The topological polar surface area (TPSA) is 101 Å². The number of carbonyl (C=O) groups excluding carboxylic acids is 3. The van der Waals surface area contributed by atoms with Gasteiger partial charge in [-0.15, -0.1) is 0 Å². The van der Waals surface area contributed by atoms with Crippen LogP contribution in [0.15, 0.2) is 77.5 Å². The molecule has 1 N–H and O–H groups in total. The third-order valence-electron chi connectivity index (χ3n) is 4.62. The van der Waals surface area contributed by atoms with Crippen molar-refractivity contribution in [3.63, 3.8) is 0 Å². The molecule has 0 saturated heterocycles. The molecule has 1 aliphatic heterocycles. The van der Waals surface area contributed by atoms with Crippen LogP contribution in [0, 0.1) is 0 Å². The van der Waals surface area contributed by atoms with Crippen molar-refractivity contribution < 1.29 is 23.9 Å². The summed E-state index contributed by atoms with van der Waals surface area (Å²) in [5, 5.41) is 7.40. The van der Waals surface area contributed by atoms with Crippen molar-refractivity contribution >= 4 is 35.4 Å². The summed E-state index contributed by atoms with van der Waals surface area (Å²) in [6, 6.07) is 18.0. The molecule has 1 amide bonds. The van der Waals surface area contributed by atoms with Crippen LogP contribution in [0.4, 0.5) is 11.4 Å². The number of hydrogen-bond donors (Lipinski definition) is 1. The van der Waals surface area contributed by atoms with Crippen molar-refractivity contribution in [2.45, 2.75) is 32.9 Å². The fraction of sp³-hybridized carbons (Fsp3) is 0.250. The Labute approximate surface area is 192 Å². The van der Waals surface area contributed by atoms with E-state index in [-0.39, 0.29) is 12.5 Å². The molecule has 2 unspecified atom stereocenters. The number of hydrogen-bond acceptors (Lipinski definition) is 8. The Morgan fingerprint density at radius 3 is 2.24 bits per heavy atom. The van der Waals surface area contributed by atoms with Crippen molar-refractivity contribution in [3.05, 3.63) is 72.4 Å². The van der Waals surface area contributed by atoms with Crippen LogP contribution in [-0.2, 0) is 23.9 Å². The lowest BCUT2D eigenvalue weighted by atomic mass is 10.2. The van der Waals surface area contributed by atoms with Gasteiger partial charge in [0.15, 0.2) is 6.10 Å². The zero-order chi connectivity index (χ0) is 23.8. The van der Waals surface area contributed by atoms with Gasteiger partial charge in [0.1, 0.15) is 6.61 Å². The quantitative estimate of drug-likeness (QED) is 0.375. The Balaban J connectivity index is 1.91. The van der Waals surface area contributed by atoms with E-state index in [9.17, 15) is 14.4 Å². The number of amides is 1. The SMILES string of the molecule is CC(=O)OCC(OC(C)=O)C1=CC(/C=N/N(C(C)=O)c2ccccc2)NN1c1ccccc1. The van der Waals surface area contributed by atoms with Gasteiger partial charge in [-0.3, -0.25) is 19.4 Å². The monoisotopic (exact) mass is 450 g/mol. The summed E-state index contributed by atoms with van der Waals surface area (Å²) >= 11 is 0.